The van der Waals surface area contributed by atoms with Gasteiger partial charge in [-0.05, 0) is 18.9 Å². The van der Waals surface area contributed by atoms with Crippen molar-refractivity contribution in [3.63, 3.8) is 0 Å². The van der Waals surface area contributed by atoms with Crippen LogP contribution in [0.2, 0.25) is 0 Å². The molecule has 4 nitrogen and oxygen atoms in total. The smallest absolute Gasteiger partial charge is 0.316 e. The van der Waals surface area contributed by atoms with Crippen molar-refractivity contribution >= 4 is 11.8 Å². The maximum atomic E-state index is 10.9. The molecule has 1 aliphatic carbocycles. The van der Waals surface area contributed by atoms with E-state index in [-0.39, 0.29) is 11.8 Å². The highest BCUT2D eigenvalue weighted by molar-refractivity contribution is 6.00. The van der Waals surface area contributed by atoms with Gasteiger partial charge in [-0.25, -0.2) is 0 Å². The Balaban J connectivity index is 0. The van der Waals surface area contributed by atoms with E-state index in [1.165, 1.54) is 7.11 Å². The van der Waals surface area contributed by atoms with Crippen molar-refractivity contribution < 1.29 is 14.3 Å². The zero-order valence-corrected chi connectivity index (χ0v) is 11.1. The van der Waals surface area contributed by atoms with Gasteiger partial charge < -0.3 is 10.5 Å². The van der Waals surface area contributed by atoms with Crippen molar-refractivity contribution in [2.24, 2.45) is 11.7 Å². The Bertz CT molecular complexity index is 200. The SMILES string of the molecule is CC.CC(C)N.COC(=O)C1CCCC1=O. The molecular formula is C12H25NO3. The molecule has 1 fully saturated rings. The topological polar surface area (TPSA) is 69.4 Å². The van der Waals surface area contributed by atoms with Crippen molar-refractivity contribution in [2.45, 2.75) is 53.0 Å². The van der Waals surface area contributed by atoms with Gasteiger partial charge in [-0.15, -0.1) is 0 Å². The molecule has 2 N–H and O–H groups in total. The molecule has 0 aromatic heterocycles. The van der Waals surface area contributed by atoms with Gasteiger partial charge in [-0.3, -0.25) is 9.59 Å². The standard InChI is InChI=1S/C7H10O3.C3H9N.C2H6/c1-10-7(9)5-3-2-4-6(5)8;1-3(2)4;1-2/h5H,2-4H2,1H3;3H,4H2,1-2H3;1-2H3. The fourth-order valence-corrected chi connectivity index (χ4v) is 1.21. The van der Waals surface area contributed by atoms with Gasteiger partial charge in [0.15, 0.2) is 0 Å². The molecule has 0 spiro atoms. The fourth-order valence-electron chi connectivity index (χ4n) is 1.21. The normalized spacial score (nSPS) is 18.2. The molecule has 1 saturated carbocycles. The van der Waals surface area contributed by atoms with Crippen molar-refractivity contribution in [2.75, 3.05) is 7.11 Å². The lowest BCUT2D eigenvalue weighted by molar-refractivity contribution is -0.148. The molecule has 0 saturated heterocycles. The number of hydrogen-bond donors (Lipinski definition) is 1. The van der Waals surface area contributed by atoms with E-state index in [1.54, 1.807) is 0 Å². The summed E-state index contributed by atoms with van der Waals surface area (Å²) in [6.45, 7) is 7.89. The first-order valence-electron chi connectivity index (χ1n) is 5.85. The molecule has 0 aromatic carbocycles. The summed E-state index contributed by atoms with van der Waals surface area (Å²) in [7, 11) is 1.31. The van der Waals surface area contributed by atoms with E-state index in [0.717, 1.165) is 6.42 Å². The molecule has 1 aliphatic rings. The Hall–Kier alpha value is -0.900. The van der Waals surface area contributed by atoms with Gasteiger partial charge in [0.2, 0.25) is 0 Å². The number of esters is 1. The number of carbonyl (C=O) groups excluding carboxylic acids is 2. The molecule has 0 heterocycles. The summed E-state index contributed by atoms with van der Waals surface area (Å²) in [5.41, 5.74) is 5.11. The largest absolute Gasteiger partial charge is 0.468 e. The van der Waals surface area contributed by atoms with Crippen LogP contribution in [-0.2, 0) is 14.3 Å². The lowest BCUT2D eigenvalue weighted by Gasteiger charge is -2.02. The minimum Gasteiger partial charge on any atom is -0.468 e. The van der Waals surface area contributed by atoms with Gasteiger partial charge in [0.25, 0.3) is 0 Å². The summed E-state index contributed by atoms with van der Waals surface area (Å²) < 4.78 is 4.44. The molecular weight excluding hydrogens is 206 g/mol. The first-order valence-corrected chi connectivity index (χ1v) is 5.85. The molecule has 96 valence electrons. The molecule has 1 atom stereocenters. The number of carbonyl (C=O) groups is 2. The molecule has 0 aromatic rings. The predicted octanol–water partition coefficient (Wildman–Crippen LogP) is 1.91. The molecule has 0 amide bonds. The van der Waals surface area contributed by atoms with Gasteiger partial charge in [0.05, 0.1) is 7.11 Å². The Morgan fingerprint density at radius 2 is 1.88 bits per heavy atom. The van der Waals surface area contributed by atoms with Crippen LogP contribution < -0.4 is 5.73 Å². The van der Waals surface area contributed by atoms with Crippen LogP contribution in [0.3, 0.4) is 0 Å². The van der Waals surface area contributed by atoms with E-state index >= 15 is 0 Å². The average molecular weight is 231 g/mol. The second-order valence-corrected chi connectivity index (χ2v) is 3.68. The Kier molecular flexibility index (Phi) is 11.6. The fraction of sp³-hybridized carbons (Fsp3) is 0.833. The monoisotopic (exact) mass is 231 g/mol. The number of hydrogen-bond acceptors (Lipinski definition) is 4. The molecule has 16 heavy (non-hydrogen) atoms. The summed E-state index contributed by atoms with van der Waals surface area (Å²) >= 11 is 0. The van der Waals surface area contributed by atoms with E-state index in [4.69, 9.17) is 5.73 Å². The Morgan fingerprint density at radius 1 is 1.44 bits per heavy atom. The zero-order chi connectivity index (χ0) is 13.1. The number of ether oxygens (including phenoxy) is 1. The minimum absolute atomic E-state index is 0.0341. The molecule has 0 bridgehead atoms. The van der Waals surface area contributed by atoms with E-state index < -0.39 is 5.92 Å². The number of nitrogens with two attached hydrogens (primary N) is 1. The molecule has 1 rings (SSSR count). The van der Waals surface area contributed by atoms with E-state index in [9.17, 15) is 9.59 Å². The van der Waals surface area contributed by atoms with Crippen LogP contribution in [0, 0.1) is 5.92 Å². The second kappa shape index (κ2) is 10.6. The van der Waals surface area contributed by atoms with Gasteiger partial charge in [-0.1, -0.05) is 27.7 Å². The number of methoxy groups -OCH3 is 1. The number of rotatable bonds is 1. The Labute approximate surface area is 98.5 Å². The summed E-state index contributed by atoms with van der Waals surface area (Å²) in [6, 6.07) is 0.333. The average Bonchev–Trinajstić information content (AvgIpc) is 2.65. The second-order valence-electron chi connectivity index (χ2n) is 3.68. The highest BCUT2D eigenvalue weighted by Crippen LogP contribution is 2.21. The van der Waals surface area contributed by atoms with Crippen LogP contribution in [0.25, 0.3) is 0 Å². The maximum Gasteiger partial charge on any atom is 0.316 e. The lowest BCUT2D eigenvalue weighted by Crippen LogP contribution is -2.19. The summed E-state index contributed by atoms with van der Waals surface area (Å²) in [5, 5.41) is 0. The maximum absolute atomic E-state index is 10.9. The summed E-state index contributed by atoms with van der Waals surface area (Å²) in [6.07, 6.45) is 2.05. The van der Waals surface area contributed by atoms with Crippen molar-refractivity contribution in [1.29, 1.82) is 0 Å². The third kappa shape index (κ3) is 8.41. The molecule has 0 radical (unpaired) electrons. The number of ketones is 1. The molecule has 4 heteroatoms. The predicted molar refractivity (Wildman–Crippen MR) is 65.0 cm³/mol. The van der Waals surface area contributed by atoms with Gasteiger partial charge >= 0.3 is 5.97 Å². The molecule has 1 unspecified atom stereocenters. The number of Topliss-reactive ketones (excluding diaryl/α,β-unsaturated/α-hetero) is 1. The highest BCUT2D eigenvalue weighted by Gasteiger charge is 2.31. The van der Waals surface area contributed by atoms with Crippen LogP contribution in [0.1, 0.15) is 47.0 Å². The van der Waals surface area contributed by atoms with Crippen LogP contribution in [0.5, 0.6) is 0 Å². The van der Waals surface area contributed by atoms with Crippen molar-refractivity contribution in [1.82, 2.24) is 0 Å². The summed E-state index contributed by atoms with van der Waals surface area (Å²) in [5.74, 6) is -0.792. The van der Waals surface area contributed by atoms with Gasteiger partial charge in [-0.2, -0.15) is 0 Å². The third-order valence-corrected chi connectivity index (χ3v) is 1.79. The quantitative estimate of drug-likeness (QED) is 0.553. The van der Waals surface area contributed by atoms with Crippen LogP contribution in [-0.4, -0.2) is 24.9 Å². The van der Waals surface area contributed by atoms with Crippen molar-refractivity contribution in [3.05, 3.63) is 0 Å². The molecule has 0 aliphatic heterocycles. The Morgan fingerprint density at radius 3 is 2.12 bits per heavy atom. The van der Waals surface area contributed by atoms with E-state index in [2.05, 4.69) is 4.74 Å². The van der Waals surface area contributed by atoms with Crippen LogP contribution in [0.15, 0.2) is 0 Å². The minimum atomic E-state index is -0.454. The van der Waals surface area contributed by atoms with Gasteiger partial charge in [0, 0.05) is 6.42 Å². The van der Waals surface area contributed by atoms with Crippen LogP contribution in [0.4, 0.5) is 0 Å². The highest BCUT2D eigenvalue weighted by atomic mass is 16.5. The zero-order valence-electron chi connectivity index (χ0n) is 11.1. The van der Waals surface area contributed by atoms with Crippen molar-refractivity contribution in [3.8, 4) is 0 Å². The third-order valence-electron chi connectivity index (χ3n) is 1.79. The first-order chi connectivity index (χ1) is 7.49. The lowest BCUT2D eigenvalue weighted by atomic mass is 10.1. The first kappa shape index (κ1) is 17.5. The van der Waals surface area contributed by atoms with Crippen LogP contribution >= 0.6 is 0 Å². The van der Waals surface area contributed by atoms with Gasteiger partial charge in [0.1, 0.15) is 11.7 Å². The summed E-state index contributed by atoms with van der Waals surface area (Å²) in [4.78, 5) is 21.7. The van der Waals surface area contributed by atoms with E-state index in [0.29, 0.717) is 18.9 Å². The van der Waals surface area contributed by atoms with E-state index in [1.807, 2.05) is 27.7 Å².